The van der Waals surface area contributed by atoms with E-state index in [1.54, 1.807) is 7.11 Å². The Morgan fingerprint density at radius 2 is 2.22 bits per heavy atom. The zero-order valence-corrected chi connectivity index (χ0v) is 14.2. The van der Waals surface area contributed by atoms with E-state index in [2.05, 4.69) is 0 Å². The molecule has 1 atom stereocenters. The highest BCUT2D eigenvalue weighted by Crippen LogP contribution is 2.44. The largest absolute Gasteiger partial charge is 0.496 e. The van der Waals surface area contributed by atoms with Crippen molar-refractivity contribution in [1.82, 2.24) is 4.90 Å². The number of aryl methyl sites for hydroxylation is 1. The van der Waals surface area contributed by atoms with Crippen molar-refractivity contribution in [2.24, 2.45) is 11.3 Å². The van der Waals surface area contributed by atoms with Gasteiger partial charge in [-0.15, -0.1) is 0 Å². The van der Waals surface area contributed by atoms with E-state index in [0.717, 1.165) is 43.0 Å². The van der Waals surface area contributed by atoms with Crippen LogP contribution in [0.5, 0.6) is 5.75 Å². The number of ether oxygens (including phenoxy) is 1. The summed E-state index contributed by atoms with van der Waals surface area (Å²) in [5.74, 6) is 1.56. The number of amides is 1. The molecule has 0 radical (unpaired) electrons. The minimum atomic E-state index is -0.0934. The van der Waals surface area contributed by atoms with Crippen LogP contribution in [0.2, 0.25) is 0 Å². The second-order valence-corrected chi connectivity index (χ2v) is 7.32. The SMILES string of the molecule is COc1cc(C(=O)N2CCCC(CO)(CC3CC3)C2)ccc1C. The molecule has 0 bridgehead atoms. The summed E-state index contributed by atoms with van der Waals surface area (Å²) in [5.41, 5.74) is 1.61. The minimum Gasteiger partial charge on any atom is -0.496 e. The van der Waals surface area contributed by atoms with Gasteiger partial charge in [0, 0.05) is 24.1 Å². The number of rotatable bonds is 5. The normalized spacial score (nSPS) is 24.6. The highest BCUT2D eigenvalue weighted by Gasteiger charge is 2.41. The summed E-state index contributed by atoms with van der Waals surface area (Å²) >= 11 is 0. The molecule has 1 unspecified atom stereocenters. The van der Waals surface area contributed by atoms with Gasteiger partial charge >= 0.3 is 0 Å². The fourth-order valence-corrected chi connectivity index (χ4v) is 3.81. The summed E-state index contributed by atoms with van der Waals surface area (Å²) in [7, 11) is 1.63. The molecule has 1 N–H and O–H groups in total. The van der Waals surface area contributed by atoms with Gasteiger partial charge in [-0.25, -0.2) is 0 Å². The summed E-state index contributed by atoms with van der Waals surface area (Å²) in [5, 5.41) is 9.95. The molecule has 23 heavy (non-hydrogen) atoms. The lowest BCUT2D eigenvalue weighted by atomic mass is 9.76. The maximum atomic E-state index is 12.9. The van der Waals surface area contributed by atoms with Crippen molar-refractivity contribution in [1.29, 1.82) is 0 Å². The third-order valence-corrected chi connectivity index (χ3v) is 5.36. The van der Waals surface area contributed by atoms with E-state index < -0.39 is 0 Å². The van der Waals surface area contributed by atoms with Crippen molar-refractivity contribution >= 4 is 5.91 Å². The second-order valence-electron chi connectivity index (χ2n) is 7.32. The minimum absolute atomic E-state index is 0.0524. The van der Waals surface area contributed by atoms with Crippen molar-refractivity contribution in [3.8, 4) is 5.75 Å². The predicted octanol–water partition coefficient (Wildman–Crippen LogP) is 3.02. The maximum Gasteiger partial charge on any atom is 0.254 e. The fraction of sp³-hybridized carbons (Fsp3) is 0.632. The Morgan fingerprint density at radius 1 is 1.43 bits per heavy atom. The molecule has 1 saturated heterocycles. The average molecular weight is 317 g/mol. The van der Waals surface area contributed by atoms with Gasteiger partial charge in [-0.2, -0.15) is 0 Å². The Labute approximate surface area is 138 Å². The molecule has 0 spiro atoms. The van der Waals surface area contributed by atoms with Gasteiger partial charge in [0.15, 0.2) is 0 Å². The van der Waals surface area contributed by atoms with E-state index in [0.29, 0.717) is 12.1 Å². The smallest absolute Gasteiger partial charge is 0.254 e. The Balaban J connectivity index is 1.76. The number of aliphatic hydroxyl groups is 1. The van der Waals surface area contributed by atoms with Crippen LogP contribution in [0.15, 0.2) is 18.2 Å². The summed E-state index contributed by atoms with van der Waals surface area (Å²) in [6.45, 7) is 3.61. The molecule has 2 aliphatic rings. The number of benzene rings is 1. The third kappa shape index (κ3) is 3.52. The summed E-state index contributed by atoms with van der Waals surface area (Å²) in [4.78, 5) is 14.8. The molecule has 1 heterocycles. The van der Waals surface area contributed by atoms with Crippen LogP contribution >= 0.6 is 0 Å². The van der Waals surface area contributed by atoms with Crippen LogP contribution in [0.3, 0.4) is 0 Å². The van der Waals surface area contributed by atoms with Crippen molar-refractivity contribution in [3.05, 3.63) is 29.3 Å². The van der Waals surface area contributed by atoms with E-state index in [4.69, 9.17) is 4.74 Å². The van der Waals surface area contributed by atoms with Gasteiger partial charge in [0.1, 0.15) is 5.75 Å². The maximum absolute atomic E-state index is 12.9. The summed E-state index contributed by atoms with van der Waals surface area (Å²) < 4.78 is 5.34. The third-order valence-electron chi connectivity index (χ3n) is 5.36. The van der Waals surface area contributed by atoms with Crippen LogP contribution in [-0.2, 0) is 0 Å². The first kappa shape index (κ1) is 16.3. The molecule has 0 aromatic heterocycles. The standard InChI is InChI=1S/C19H27NO3/c1-14-4-7-16(10-17(14)23-2)18(22)20-9-3-8-19(12-20,13-21)11-15-5-6-15/h4,7,10,15,21H,3,5-6,8-9,11-13H2,1-2H3. The van der Waals surface area contributed by atoms with Crippen molar-refractivity contribution in [2.45, 2.75) is 39.0 Å². The molecule has 1 amide bonds. The van der Waals surface area contributed by atoms with Crippen molar-refractivity contribution in [2.75, 3.05) is 26.8 Å². The Kier molecular flexibility index (Phi) is 4.62. The summed E-state index contributed by atoms with van der Waals surface area (Å²) in [6.07, 6.45) is 5.63. The van der Waals surface area contributed by atoms with Crippen LogP contribution in [0.1, 0.15) is 48.0 Å². The van der Waals surface area contributed by atoms with Gasteiger partial charge in [-0.3, -0.25) is 4.79 Å². The van der Waals surface area contributed by atoms with Gasteiger partial charge in [0.2, 0.25) is 0 Å². The Hall–Kier alpha value is -1.55. The van der Waals surface area contributed by atoms with E-state index in [1.807, 2.05) is 30.0 Å². The predicted molar refractivity (Wildman–Crippen MR) is 89.7 cm³/mol. The lowest BCUT2D eigenvalue weighted by Crippen LogP contribution is -2.48. The monoisotopic (exact) mass is 317 g/mol. The van der Waals surface area contributed by atoms with Crippen LogP contribution in [-0.4, -0.2) is 42.7 Å². The van der Waals surface area contributed by atoms with Crippen molar-refractivity contribution < 1.29 is 14.6 Å². The lowest BCUT2D eigenvalue weighted by molar-refractivity contribution is 0.0196. The molecule has 1 aromatic rings. The second kappa shape index (κ2) is 6.52. The van der Waals surface area contributed by atoms with E-state index in [9.17, 15) is 9.90 Å². The Bertz CT molecular complexity index is 582. The van der Waals surface area contributed by atoms with Crippen LogP contribution in [0, 0.1) is 18.3 Å². The van der Waals surface area contributed by atoms with Crippen LogP contribution < -0.4 is 4.74 Å². The number of piperidine rings is 1. The molecule has 1 aliphatic heterocycles. The van der Waals surface area contributed by atoms with Gasteiger partial charge < -0.3 is 14.7 Å². The first-order valence-corrected chi connectivity index (χ1v) is 8.62. The highest BCUT2D eigenvalue weighted by atomic mass is 16.5. The fourth-order valence-electron chi connectivity index (χ4n) is 3.81. The lowest BCUT2D eigenvalue weighted by Gasteiger charge is -2.42. The van der Waals surface area contributed by atoms with Gasteiger partial charge in [-0.1, -0.05) is 18.9 Å². The molecule has 4 heteroatoms. The average Bonchev–Trinajstić information content (AvgIpc) is 3.38. The van der Waals surface area contributed by atoms with Gasteiger partial charge in [-0.05, 0) is 49.8 Å². The quantitative estimate of drug-likeness (QED) is 0.908. The van der Waals surface area contributed by atoms with Crippen LogP contribution in [0.25, 0.3) is 0 Å². The molecule has 1 saturated carbocycles. The van der Waals surface area contributed by atoms with E-state index >= 15 is 0 Å². The molecule has 4 nitrogen and oxygen atoms in total. The van der Waals surface area contributed by atoms with Gasteiger partial charge in [0.05, 0.1) is 13.7 Å². The number of carbonyl (C=O) groups excluding carboxylic acids is 1. The summed E-state index contributed by atoms with van der Waals surface area (Å²) in [6, 6.07) is 5.63. The number of hydrogen-bond donors (Lipinski definition) is 1. The van der Waals surface area contributed by atoms with Gasteiger partial charge in [0.25, 0.3) is 5.91 Å². The van der Waals surface area contributed by atoms with Crippen molar-refractivity contribution in [3.63, 3.8) is 0 Å². The first-order chi connectivity index (χ1) is 11.1. The molecular formula is C19H27NO3. The molecule has 2 fully saturated rings. The number of aliphatic hydroxyl groups excluding tert-OH is 1. The van der Waals surface area contributed by atoms with E-state index in [1.165, 1.54) is 12.8 Å². The number of methoxy groups -OCH3 is 1. The molecular weight excluding hydrogens is 290 g/mol. The molecule has 3 rings (SSSR count). The zero-order chi connectivity index (χ0) is 16.4. The number of nitrogens with zero attached hydrogens (tertiary/aromatic N) is 1. The molecule has 1 aliphatic carbocycles. The topological polar surface area (TPSA) is 49.8 Å². The molecule has 1 aromatic carbocycles. The molecule has 126 valence electrons. The number of carbonyl (C=O) groups is 1. The Morgan fingerprint density at radius 3 is 2.87 bits per heavy atom. The first-order valence-electron chi connectivity index (χ1n) is 8.62. The number of likely N-dealkylation sites (tertiary alicyclic amines) is 1. The highest BCUT2D eigenvalue weighted by molar-refractivity contribution is 5.94. The number of hydrogen-bond acceptors (Lipinski definition) is 3. The van der Waals surface area contributed by atoms with E-state index in [-0.39, 0.29) is 17.9 Å². The zero-order valence-electron chi connectivity index (χ0n) is 14.2. The van der Waals surface area contributed by atoms with Crippen LogP contribution in [0.4, 0.5) is 0 Å².